The first-order valence-electron chi connectivity index (χ1n) is 9.94. The molecule has 0 aromatic heterocycles. The van der Waals surface area contributed by atoms with Crippen molar-refractivity contribution < 1.29 is 18.6 Å². The van der Waals surface area contributed by atoms with E-state index >= 15 is 0 Å². The Hall–Kier alpha value is -2.21. The van der Waals surface area contributed by atoms with Gasteiger partial charge >= 0.3 is 6.09 Å². The number of alkyl carbamates (subject to hydrolysis) is 1. The lowest BCUT2D eigenvalue weighted by molar-refractivity contribution is 0.137. The molecule has 0 aliphatic heterocycles. The van der Waals surface area contributed by atoms with Crippen LogP contribution in [0, 0.1) is 0 Å². The molecule has 0 aliphatic carbocycles. The fraction of sp³-hybridized carbons (Fsp3) is 0.364. The van der Waals surface area contributed by atoms with Crippen molar-refractivity contribution in [2.45, 2.75) is 38.6 Å². The number of rotatable bonds is 11. The first-order chi connectivity index (χ1) is 14.5. The van der Waals surface area contributed by atoms with E-state index in [1.165, 1.54) is 7.11 Å². The van der Waals surface area contributed by atoms with Crippen LogP contribution >= 0.6 is 19.6 Å². The molecule has 2 aromatic carbocycles. The summed E-state index contributed by atoms with van der Waals surface area (Å²) in [7, 11) is -2.13. The van der Waals surface area contributed by atoms with Crippen LogP contribution in [-0.2, 0) is 26.9 Å². The van der Waals surface area contributed by atoms with E-state index in [1.54, 1.807) is 0 Å². The number of carbonyl (C=O) groups excluding carboxylic acids is 1. The second kappa shape index (κ2) is 12.5. The summed E-state index contributed by atoms with van der Waals surface area (Å²) in [4.78, 5) is 12.3. The highest BCUT2D eigenvalue weighted by molar-refractivity contribution is 7.99. The standard InChI is InChI=1S/C22H29N2O4PS/c1-3-10-20(24-21(25)28-17-19-13-8-5-9-14-19)29(26,27-2)22(30)23-16-15-18-11-6-4-7-12-18/h4-9,11-14,20H,3,10,15-17H2,1-2H3,(H,23,30)(H,24,25). The molecule has 6 nitrogen and oxygen atoms in total. The molecule has 0 saturated heterocycles. The van der Waals surface area contributed by atoms with Gasteiger partial charge in [-0.2, -0.15) is 0 Å². The average molecular weight is 449 g/mol. The zero-order chi connectivity index (χ0) is 21.8. The lowest BCUT2D eigenvalue weighted by atomic mass is 10.2. The lowest BCUT2D eigenvalue weighted by Gasteiger charge is -2.27. The monoisotopic (exact) mass is 448 g/mol. The number of thiocarbonyl (C=S) groups is 1. The number of ether oxygens (including phenoxy) is 1. The van der Waals surface area contributed by atoms with Gasteiger partial charge in [-0.3, -0.25) is 4.57 Å². The van der Waals surface area contributed by atoms with Crippen molar-refractivity contribution in [3.8, 4) is 0 Å². The van der Waals surface area contributed by atoms with Crippen molar-refractivity contribution in [1.29, 1.82) is 0 Å². The first-order valence-corrected chi connectivity index (χ1v) is 12.0. The normalized spacial score (nSPS) is 13.7. The molecule has 0 saturated carbocycles. The Morgan fingerprint density at radius 3 is 2.23 bits per heavy atom. The second-order valence-corrected chi connectivity index (χ2v) is 10.1. The van der Waals surface area contributed by atoms with Crippen LogP contribution in [0.15, 0.2) is 60.7 Å². The van der Waals surface area contributed by atoms with Gasteiger partial charge in [0.2, 0.25) is 0 Å². The number of nitrogens with one attached hydrogen (secondary N) is 2. The highest BCUT2D eigenvalue weighted by Gasteiger charge is 2.38. The van der Waals surface area contributed by atoms with Crippen molar-refractivity contribution >= 4 is 30.4 Å². The minimum Gasteiger partial charge on any atom is -0.445 e. The third kappa shape index (κ3) is 7.24. The molecule has 0 aliphatic rings. The summed E-state index contributed by atoms with van der Waals surface area (Å²) in [6, 6.07) is 19.3. The van der Waals surface area contributed by atoms with Crippen LogP contribution in [0.2, 0.25) is 0 Å². The number of benzene rings is 2. The van der Waals surface area contributed by atoms with Crippen LogP contribution in [0.3, 0.4) is 0 Å². The van der Waals surface area contributed by atoms with E-state index in [1.807, 2.05) is 67.6 Å². The van der Waals surface area contributed by atoms with Gasteiger partial charge in [-0.15, -0.1) is 0 Å². The topological polar surface area (TPSA) is 76.7 Å². The molecule has 1 amide bonds. The maximum Gasteiger partial charge on any atom is 0.408 e. The van der Waals surface area contributed by atoms with Crippen molar-refractivity contribution in [3.63, 3.8) is 0 Å². The smallest absolute Gasteiger partial charge is 0.408 e. The Bertz CT molecular complexity index is 849. The largest absolute Gasteiger partial charge is 0.445 e. The summed E-state index contributed by atoms with van der Waals surface area (Å²) in [5.74, 6) is -0.757. The maximum atomic E-state index is 13.5. The Morgan fingerprint density at radius 1 is 1.07 bits per heavy atom. The van der Waals surface area contributed by atoms with Crippen molar-refractivity contribution in [1.82, 2.24) is 10.6 Å². The van der Waals surface area contributed by atoms with Gasteiger partial charge in [0.25, 0.3) is 7.37 Å². The third-order valence-corrected chi connectivity index (χ3v) is 7.94. The predicted octanol–water partition coefficient (Wildman–Crippen LogP) is 5.08. The van der Waals surface area contributed by atoms with Crippen LogP contribution in [0.1, 0.15) is 30.9 Å². The van der Waals surface area contributed by atoms with Crippen LogP contribution in [0.25, 0.3) is 0 Å². The lowest BCUT2D eigenvalue weighted by Crippen LogP contribution is -2.39. The summed E-state index contributed by atoms with van der Waals surface area (Å²) in [5.41, 5.74) is 2.01. The van der Waals surface area contributed by atoms with E-state index in [2.05, 4.69) is 10.6 Å². The van der Waals surface area contributed by atoms with E-state index in [4.69, 9.17) is 21.5 Å². The number of carbonyl (C=O) groups is 1. The van der Waals surface area contributed by atoms with Gasteiger partial charge in [0.05, 0.1) is 0 Å². The zero-order valence-electron chi connectivity index (χ0n) is 17.4. The molecule has 2 atom stereocenters. The first kappa shape index (κ1) is 24.1. The van der Waals surface area contributed by atoms with Crippen molar-refractivity contribution in [2.75, 3.05) is 13.7 Å². The van der Waals surface area contributed by atoms with Crippen LogP contribution in [0.4, 0.5) is 4.79 Å². The van der Waals surface area contributed by atoms with Crippen molar-refractivity contribution in [3.05, 3.63) is 71.8 Å². The van der Waals surface area contributed by atoms with E-state index in [-0.39, 0.29) is 11.3 Å². The SMILES string of the molecule is CCCC(NC(=O)OCc1ccccc1)P(=O)(OC)C(=S)NCCc1ccccc1. The molecule has 0 bridgehead atoms. The zero-order valence-corrected chi connectivity index (χ0v) is 19.1. The van der Waals surface area contributed by atoms with Gasteiger partial charge < -0.3 is 19.9 Å². The van der Waals surface area contributed by atoms with Gasteiger partial charge in [0, 0.05) is 13.7 Å². The van der Waals surface area contributed by atoms with E-state index in [0.717, 1.165) is 17.5 Å². The number of amides is 1. The second-order valence-electron chi connectivity index (χ2n) is 6.76. The van der Waals surface area contributed by atoms with Gasteiger partial charge in [0.15, 0.2) is 4.73 Å². The molecule has 2 unspecified atom stereocenters. The van der Waals surface area contributed by atoms with Crippen LogP contribution in [0.5, 0.6) is 0 Å². The molecule has 2 rings (SSSR count). The summed E-state index contributed by atoms with van der Waals surface area (Å²) in [6.45, 7) is 2.59. The quantitative estimate of drug-likeness (QED) is 0.369. The Labute approximate surface area is 183 Å². The van der Waals surface area contributed by atoms with Crippen molar-refractivity contribution in [2.24, 2.45) is 0 Å². The molecule has 0 spiro atoms. The minimum atomic E-state index is -3.48. The molecule has 0 heterocycles. The van der Waals surface area contributed by atoms with Crippen LogP contribution < -0.4 is 10.6 Å². The minimum absolute atomic E-state index is 0.128. The number of hydrogen-bond acceptors (Lipinski definition) is 5. The Kier molecular flexibility index (Phi) is 10.0. The summed E-state index contributed by atoms with van der Waals surface area (Å²) in [6.07, 6.45) is 1.23. The molecule has 30 heavy (non-hydrogen) atoms. The molecule has 2 N–H and O–H groups in total. The molecule has 8 heteroatoms. The summed E-state index contributed by atoms with van der Waals surface area (Å²) < 4.78 is 24.3. The Balaban J connectivity index is 1.95. The molecule has 0 radical (unpaired) electrons. The van der Waals surface area contributed by atoms with Gasteiger partial charge in [-0.1, -0.05) is 86.2 Å². The predicted molar refractivity (Wildman–Crippen MR) is 124 cm³/mol. The highest BCUT2D eigenvalue weighted by atomic mass is 32.1. The molecule has 162 valence electrons. The summed E-state index contributed by atoms with van der Waals surface area (Å²) >= 11 is 5.40. The highest BCUT2D eigenvalue weighted by Crippen LogP contribution is 2.52. The van der Waals surface area contributed by atoms with E-state index in [9.17, 15) is 9.36 Å². The molecule has 2 aromatic rings. The Morgan fingerprint density at radius 2 is 1.67 bits per heavy atom. The van der Waals surface area contributed by atoms with E-state index in [0.29, 0.717) is 19.4 Å². The summed E-state index contributed by atoms with van der Waals surface area (Å²) in [5, 5.41) is 5.74. The maximum absolute atomic E-state index is 13.5. The molecular formula is C22H29N2O4PS. The third-order valence-electron chi connectivity index (χ3n) is 4.56. The van der Waals surface area contributed by atoms with Gasteiger partial charge in [-0.25, -0.2) is 4.79 Å². The molecular weight excluding hydrogens is 419 g/mol. The fourth-order valence-electron chi connectivity index (χ4n) is 2.92. The van der Waals surface area contributed by atoms with Gasteiger partial charge in [-0.05, 0) is 24.0 Å². The van der Waals surface area contributed by atoms with Crippen LogP contribution in [-0.4, -0.2) is 30.3 Å². The van der Waals surface area contributed by atoms with Gasteiger partial charge in [0.1, 0.15) is 12.4 Å². The molecule has 0 fully saturated rings. The number of hydrogen-bond donors (Lipinski definition) is 2. The average Bonchev–Trinajstić information content (AvgIpc) is 2.78. The van der Waals surface area contributed by atoms with E-state index < -0.39 is 19.2 Å². The fourth-order valence-corrected chi connectivity index (χ4v) is 5.54.